The molecule has 82 valence electrons. The molecule has 1 aromatic rings. The van der Waals surface area contributed by atoms with Gasteiger partial charge in [0.05, 0.1) is 6.10 Å². The van der Waals surface area contributed by atoms with E-state index in [9.17, 15) is 5.11 Å². The Morgan fingerprint density at radius 3 is 2.87 bits per heavy atom. The lowest BCUT2D eigenvalue weighted by Crippen LogP contribution is -1.98. The fourth-order valence-electron chi connectivity index (χ4n) is 1.38. The van der Waals surface area contributed by atoms with E-state index in [0.717, 1.165) is 29.3 Å². The first-order chi connectivity index (χ1) is 7.15. The number of aliphatic hydroxyl groups excluding tert-OH is 1. The van der Waals surface area contributed by atoms with E-state index in [-0.39, 0.29) is 0 Å². The first-order valence-electron chi connectivity index (χ1n) is 4.89. The predicted octanol–water partition coefficient (Wildman–Crippen LogP) is 4.49. The lowest BCUT2D eigenvalue weighted by Gasteiger charge is -2.12. The molecule has 1 unspecified atom stereocenters. The number of benzene rings is 1. The monoisotopic (exact) mass is 288 g/mol. The Bertz CT molecular complexity index is 338. The highest BCUT2D eigenvalue weighted by Gasteiger charge is 2.10. The molecule has 0 radical (unpaired) electrons. The van der Waals surface area contributed by atoms with Crippen LogP contribution in [0.25, 0.3) is 0 Å². The van der Waals surface area contributed by atoms with Crippen molar-refractivity contribution in [1.29, 1.82) is 0 Å². The van der Waals surface area contributed by atoms with Gasteiger partial charge in [-0.2, -0.15) is 0 Å². The summed E-state index contributed by atoms with van der Waals surface area (Å²) in [6.07, 6.45) is 4.05. The molecule has 0 amide bonds. The van der Waals surface area contributed by atoms with Crippen LogP contribution in [0.4, 0.5) is 0 Å². The number of halogens is 2. The number of rotatable bonds is 5. The summed E-state index contributed by atoms with van der Waals surface area (Å²) in [5, 5.41) is 10.6. The number of unbranched alkanes of at least 4 members (excludes halogenated alkanes) is 1. The van der Waals surface area contributed by atoms with Gasteiger partial charge in [-0.1, -0.05) is 39.7 Å². The van der Waals surface area contributed by atoms with Gasteiger partial charge in [-0.05, 0) is 37.0 Å². The SMILES string of the molecule is C=CCCCC(O)c1ccc(Cl)cc1Br. The van der Waals surface area contributed by atoms with Crippen LogP contribution >= 0.6 is 27.5 Å². The third-order valence-electron chi connectivity index (χ3n) is 2.21. The van der Waals surface area contributed by atoms with Crippen molar-refractivity contribution in [2.75, 3.05) is 0 Å². The maximum atomic E-state index is 9.91. The van der Waals surface area contributed by atoms with E-state index in [1.54, 1.807) is 12.1 Å². The van der Waals surface area contributed by atoms with E-state index in [1.165, 1.54) is 0 Å². The first-order valence-corrected chi connectivity index (χ1v) is 6.06. The average Bonchev–Trinajstić information content (AvgIpc) is 2.17. The largest absolute Gasteiger partial charge is 0.388 e. The molecule has 1 atom stereocenters. The minimum atomic E-state index is -0.434. The van der Waals surface area contributed by atoms with E-state index in [4.69, 9.17) is 11.6 Å². The van der Waals surface area contributed by atoms with Crippen LogP contribution in [0.5, 0.6) is 0 Å². The Hall–Kier alpha value is -0.310. The van der Waals surface area contributed by atoms with Crippen molar-refractivity contribution in [2.24, 2.45) is 0 Å². The van der Waals surface area contributed by atoms with Crippen LogP contribution in [0.15, 0.2) is 35.3 Å². The maximum absolute atomic E-state index is 9.91. The second-order valence-corrected chi connectivity index (χ2v) is 4.69. The molecule has 1 nitrogen and oxygen atoms in total. The summed E-state index contributed by atoms with van der Waals surface area (Å²) < 4.78 is 0.862. The molecule has 1 aromatic carbocycles. The normalized spacial score (nSPS) is 12.5. The minimum absolute atomic E-state index is 0.434. The topological polar surface area (TPSA) is 20.2 Å². The van der Waals surface area contributed by atoms with Crippen LogP contribution in [0.1, 0.15) is 30.9 Å². The molecule has 0 fully saturated rings. The minimum Gasteiger partial charge on any atom is -0.388 e. The molecule has 1 rings (SSSR count). The Kier molecular flexibility index (Phi) is 5.37. The Morgan fingerprint density at radius 1 is 1.53 bits per heavy atom. The highest BCUT2D eigenvalue weighted by atomic mass is 79.9. The predicted molar refractivity (Wildman–Crippen MR) is 68.2 cm³/mol. The van der Waals surface area contributed by atoms with Gasteiger partial charge < -0.3 is 5.11 Å². The summed E-state index contributed by atoms with van der Waals surface area (Å²) in [4.78, 5) is 0. The Morgan fingerprint density at radius 2 is 2.27 bits per heavy atom. The van der Waals surface area contributed by atoms with Gasteiger partial charge in [-0.3, -0.25) is 0 Å². The molecular formula is C12H14BrClO. The summed E-state index contributed by atoms with van der Waals surface area (Å²) in [6, 6.07) is 5.44. The van der Waals surface area contributed by atoms with Crippen molar-refractivity contribution in [2.45, 2.75) is 25.4 Å². The summed E-state index contributed by atoms with van der Waals surface area (Å²) in [7, 11) is 0. The molecule has 0 saturated heterocycles. The van der Waals surface area contributed by atoms with Crippen LogP contribution in [0.3, 0.4) is 0 Å². The highest BCUT2D eigenvalue weighted by molar-refractivity contribution is 9.10. The zero-order valence-electron chi connectivity index (χ0n) is 8.42. The molecule has 0 bridgehead atoms. The molecule has 0 aliphatic heterocycles. The van der Waals surface area contributed by atoms with Crippen molar-refractivity contribution in [3.05, 3.63) is 45.9 Å². The van der Waals surface area contributed by atoms with E-state index in [0.29, 0.717) is 5.02 Å². The van der Waals surface area contributed by atoms with Crippen molar-refractivity contribution in [3.63, 3.8) is 0 Å². The highest BCUT2D eigenvalue weighted by Crippen LogP contribution is 2.29. The Balaban J connectivity index is 2.64. The smallest absolute Gasteiger partial charge is 0.0801 e. The van der Waals surface area contributed by atoms with Gasteiger partial charge in [-0.25, -0.2) is 0 Å². The van der Waals surface area contributed by atoms with E-state index < -0.39 is 6.10 Å². The maximum Gasteiger partial charge on any atom is 0.0801 e. The van der Waals surface area contributed by atoms with Crippen LogP contribution in [-0.2, 0) is 0 Å². The van der Waals surface area contributed by atoms with Crippen LogP contribution in [-0.4, -0.2) is 5.11 Å². The zero-order valence-corrected chi connectivity index (χ0v) is 10.8. The van der Waals surface area contributed by atoms with Gasteiger partial charge >= 0.3 is 0 Å². The lowest BCUT2D eigenvalue weighted by atomic mass is 10.0. The molecule has 3 heteroatoms. The molecule has 0 aromatic heterocycles. The van der Waals surface area contributed by atoms with Crippen LogP contribution in [0.2, 0.25) is 5.02 Å². The zero-order chi connectivity index (χ0) is 11.3. The number of hydrogen-bond acceptors (Lipinski definition) is 1. The van der Waals surface area contributed by atoms with Gasteiger partial charge in [0.15, 0.2) is 0 Å². The van der Waals surface area contributed by atoms with Gasteiger partial charge in [0, 0.05) is 9.50 Å². The van der Waals surface area contributed by atoms with Gasteiger partial charge in [0.2, 0.25) is 0 Å². The van der Waals surface area contributed by atoms with Crippen molar-refractivity contribution in [3.8, 4) is 0 Å². The molecule has 0 saturated carbocycles. The molecule has 0 spiro atoms. The van der Waals surface area contributed by atoms with Crippen LogP contribution < -0.4 is 0 Å². The summed E-state index contributed by atoms with van der Waals surface area (Å²) >= 11 is 9.22. The standard InChI is InChI=1S/C12H14BrClO/c1-2-3-4-5-12(15)10-7-6-9(14)8-11(10)13/h2,6-8,12,15H,1,3-5H2. The van der Waals surface area contributed by atoms with Crippen molar-refractivity contribution >= 4 is 27.5 Å². The first kappa shape index (κ1) is 12.8. The van der Waals surface area contributed by atoms with Crippen molar-refractivity contribution in [1.82, 2.24) is 0 Å². The molecule has 0 aliphatic carbocycles. The molecular weight excluding hydrogens is 275 g/mol. The molecule has 1 N–H and O–H groups in total. The quantitative estimate of drug-likeness (QED) is 0.625. The summed E-state index contributed by atoms with van der Waals surface area (Å²) in [5.74, 6) is 0. The van der Waals surface area contributed by atoms with Gasteiger partial charge in [0.1, 0.15) is 0 Å². The fourth-order valence-corrected chi connectivity index (χ4v) is 2.33. The average molecular weight is 290 g/mol. The number of allylic oxidation sites excluding steroid dienone is 1. The second kappa shape index (κ2) is 6.31. The lowest BCUT2D eigenvalue weighted by molar-refractivity contribution is 0.164. The number of hydrogen-bond donors (Lipinski definition) is 1. The van der Waals surface area contributed by atoms with Crippen molar-refractivity contribution < 1.29 is 5.11 Å². The Labute approximate surface area is 104 Å². The number of aliphatic hydroxyl groups is 1. The molecule has 0 heterocycles. The second-order valence-electron chi connectivity index (χ2n) is 3.40. The van der Waals surface area contributed by atoms with E-state index in [1.807, 2.05) is 12.1 Å². The summed E-state index contributed by atoms with van der Waals surface area (Å²) in [6.45, 7) is 3.65. The third kappa shape index (κ3) is 3.98. The summed E-state index contributed by atoms with van der Waals surface area (Å²) in [5.41, 5.74) is 0.892. The van der Waals surface area contributed by atoms with Gasteiger partial charge in [0.25, 0.3) is 0 Å². The van der Waals surface area contributed by atoms with E-state index >= 15 is 0 Å². The third-order valence-corrected chi connectivity index (χ3v) is 3.13. The van der Waals surface area contributed by atoms with Gasteiger partial charge in [-0.15, -0.1) is 6.58 Å². The van der Waals surface area contributed by atoms with Crippen LogP contribution in [0, 0.1) is 0 Å². The molecule has 15 heavy (non-hydrogen) atoms. The fraction of sp³-hybridized carbons (Fsp3) is 0.333. The molecule has 0 aliphatic rings. The van der Waals surface area contributed by atoms with E-state index in [2.05, 4.69) is 22.5 Å².